The van der Waals surface area contributed by atoms with Gasteiger partial charge < -0.3 is 15.3 Å². The summed E-state index contributed by atoms with van der Waals surface area (Å²) in [6, 6.07) is 10.9. The zero-order valence-corrected chi connectivity index (χ0v) is 17.7. The van der Waals surface area contributed by atoms with Crippen molar-refractivity contribution in [3.05, 3.63) is 87.9 Å². The number of allylic oxidation sites excluding steroid dienone is 2. The summed E-state index contributed by atoms with van der Waals surface area (Å²) in [5.74, 6) is -1.62. The number of aromatic carboxylic acids is 1. The van der Waals surface area contributed by atoms with Crippen LogP contribution in [0.4, 0.5) is 5.69 Å². The van der Waals surface area contributed by atoms with E-state index in [0.29, 0.717) is 16.3 Å². The van der Waals surface area contributed by atoms with Crippen molar-refractivity contribution in [3.63, 3.8) is 0 Å². The fraction of sp³-hybridized carbons (Fsp3) is 0.136. The number of rotatable bonds is 4. The summed E-state index contributed by atoms with van der Waals surface area (Å²) in [5, 5.41) is 12.0. The molecule has 0 atom stereocenters. The lowest BCUT2D eigenvalue weighted by molar-refractivity contribution is -0.116. The van der Waals surface area contributed by atoms with Crippen molar-refractivity contribution >= 4 is 46.7 Å². The van der Waals surface area contributed by atoms with Gasteiger partial charge in [0.1, 0.15) is 6.54 Å². The van der Waals surface area contributed by atoms with Crippen molar-refractivity contribution < 1.29 is 19.5 Å². The van der Waals surface area contributed by atoms with Crippen LogP contribution < -0.4 is 5.32 Å². The first-order valence-corrected chi connectivity index (χ1v) is 9.66. The molecule has 3 rings (SSSR count). The number of anilines is 1. The van der Waals surface area contributed by atoms with Gasteiger partial charge in [0.25, 0.3) is 5.91 Å². The topological polar surface area (TPSA) is 86.7 Å². The van der Waals surface area contributed by atoms with Crippen LogP contribution in [0.2, 0.25) is 5.02 Å². The van der Waals surface area contributed by atoms with Gasteiger partial charge in [-0.3, -0.25) is 9.59 Å². The van der Waals surface area contributed by atoms with Crippen molar-refractivity contribution in [1.82, 2.24) is 4.90 Å². The van der Waals surface area contributed by atoms with Crippen molar-refractivity contribution in [2.75, 3.05) is 11.9 Å². The van der Waals surface area contributed by atoms with Gasteiger partial charge in [-0.1, -0.05) is 47.5 Å². The Kier molecular flexibility index (Phi) is 8.21. The quantitative estimate of drug-likeness (QED) is 0.650. The molecule has 30 heavy (non-hydrogen) atoms. The lowest BCUT2D eigenvalue weighted by atomic mass is 10.1. The van der Waals surface area contributed by atoms with Crippen LogP contribution in [0.5, 0.6) is 0 Å². The minimum Gasteiger partial charge on any atom is -0.478 e. The summed E-state index contributed by atoms with van der Waals surface area (Å²) in [7, 11) is 0. The molecule has 0 bridgehead atoms. The van der Waals surface area contributed by atoms with E-state index in [4.69, 9.17) is 28.3 Å². The molecule has 0 radical (unpaired) electrons. The summed E-state index contributed by atoms with van der Waals surface area (Å²) in [5.41, 5.74) is 4.08. The number of amides is 2. The number of nitrogens with zero attached hydrogens (tertiary/aromatic N) is 1. The van der Waals surface area contributed by atoms with Crippen LogP contribution in [0.15, 0.2) is 66.2 Å². The van der Waals surface area contributed by atoms with Crippen LogP contribution >= 0.6 is 23.2 Å². The molecule has 0 spiro atoms. The fourth-order valence-corrected chi connectivity index (χ4v) is 3.01. The van der Waals surface area contributed by atoms with Crippen molar-refractivity contribution in [2.45, 2.75) is 13.5 Å². The molecule has 8 heteroatoms. The molecule has 2 amide bonds. The summed E-state index contributed by atoms with van der Waals surface area (Å²) in [6.45, 7) is 5.57. The molecule has 156 valence electrons. The number of hydrogen-bond donors (Lipinski definition) is 2. The second-order valence-corrected chi connectivity index (χ2v) is 7.23. The second-order valence-electron chi connectivity index (χ2n) is 6.54. The molecule has 0 saturated carbocycles. The van der Waals surface area contributed by atoms with Crippen LogP contribution in [0.25, 0.3) is 0 Å². The Morgan fingerprint density at radius 2 is 1.90 bits per heavy atom. The highest BCUT2D eigenvalue weighted by atomic mass is 35.5. The average molecular weight is 447 g/mol. The normalized spacial score (nSPS) is 13.1. The van der Waals surface area contributed by atoms with Gasteiger partial charge in [0.15, 0.2) is 0 Å². The Morgan fingerprint density at radius 3 is 2.43 bits per heavy atom. The first-order chi connectivity index (χ1) is 14.2. The summed E-state index contributed by atoms with van der Waals surface area (Å²) >= 11 is 11.1. The average Bonchev–Trinajstić information content (AvgIpc) is 2.78. The van der Waals surface area contributed by atoms with Crippen LogP contribution in [0.3, 0.4) is 0 Å². The summed E-state index contributed by atoms with van der Waals surface area (Å²) < 4.78 is 0. The van der Waals surface area contributed by atoms with Crippen molar-refractivity contribution in [3.8, 4) is 0 Å². The molecular formula is C22H20Cl2N2O4. The van der Waals surface area contributed by atoms with Gasteiger partial charge in [-0.2, -0.15) is 0 Å². The number of nitrogens with one attached hydrogen (secondary N) is 1. The maximum Gasteiger partial charge on any atom is 0.335 e. The number of benzene rings is 2. The number of fused-ring (bicyclic) bond motifs is 1. The first-order valence-electron chi connectivity index (χ1n) is 8.84. The van der Waals surface area contributed by atoms with Crippen molar-refractivity contribution in [1.29, 1.82) is 0 Å². The molecule has 0 unspecified atom stereocenters. The summed E-state index contributed by atoms with van der Waals surface area (Å²) in [6.07, 6.45) is 1.74. The molecule has 0 aromatic heterocycles. The molecular weight excluding hydrogens is 427 g/mol. The standard InChI is InChI=1S/C17H13ClN2O4.C5H7Cl/c18-12-5-6-13-14(7-12)19-15(21)9-20(16(13)22)8-10-1-3-11(4-2-10)17(23)24;1-5(2)3-4-6/h1-7H,8-9H2,(H,19,21)(H,23,24);3-4H,1H2,2H3/b;4-3+. The molecule has 6 nitrogen and oxygen atoms in total. The molecule has 0 fully saturated rings. The Balaban J connectivity index is 0.000000469. The maximum atomic E-state index is 12.7. The van der Waals surface area contributed by atoms with Crippen molar-refractivity contribution in [2.24, 2.45) is 0 Å². The monoisotopic (exact) mass is 446 g/mol. The van der Waals surface area contributed by atoms with E-state index < -0.39 is 5.97 Å². The van der Waals surface area contributed by atoms with Gasteiger partial charge >= 0.3 is 5.97 Å². The SMILES string of the molecule is C=C(C)/C=C/Cl.O=C1CN(Cc2ccc(C(=O)O)cc2)C(=O)c2ccc(Cl)cc2N1. The highest BCUT2D eigenvalue weighted by Gasteiger charge is 2.26. The fourth-order valence-electron chi connectivity index (χ4n) is 2.62. The van der Waals surface area contributed by atoms with Crippen LogP contribution in [0, 0.1) is 0 Å². The van der Waals surface area contributed by atoms with E-state index in [1.807, 2.05) is 6.92 Å². The van der Waals surface area contributed by atoms with Crippen LogP contribution in [-0.2, 0) is 11.3 Å². The first kappa shape index (κ1) is 23.2. The summed E-state index contributed by atoms with van der Waals surface area (Å²) in [4.78, 5) is 37.0. The Morgan fingerprint density at radius 1 is 1.23 bits per heavy atom. The molecule has 0 saturated heterocycles. The number of carboxylic acids is 1. The largest absolute Gasteiger partial charge is 0.478 e. The van der Waals surface area contributed by atoms with Gasteiger partial charge in [0.05, 0.1) is 16.8 Å². The Hall–Kier alpha value is -3.09. The predicted molar refractivity (Wildman–Crippen MR) is 118 cm³/mol. The highest BCUT2D eigenvalue weighted by molar-refractivity contribution is 6.31. The van der Waals surface area contributed by atoms with Gasteiger partial charge in [-0.15, -0.1) is 0 Å². The Labute approximate surface area is 184 Å². The third kappa shape index (κ3) is 6.47. The van der Waals surface area contributed by atoms with E-state index in [1.165, 1.54) is 28.6 Å². The molecule has 2 aromatic rings. The van der Waals surface area contributed by atoms with Gasteiger partial charge in [0.2, 0.25) is 5.91 Å². The van der Waals surface area contributed by atoms with E-state index in [1.54, 1.807) is 30.3 Å². The van der Waals surface area contributed by atoms with Gasteiger partial charge in [0, 0.05) is 17.1 Å². The molecule has 1 aliphatic rings. The van der Waals surface area contributed by atoms with Crippen LogP contribution in [-0.4, -0.2) is 34.3 Å². The molecule has 2 N–H and O–H groups in total. The van der Waals surface area contributed by atoms with E-state index >= 15 is 0 Å². The number of carbonyl (C=O) groups is 3. The minimum atomic E-state index is -1.02. The van der Waals surface area contributed by atoms with Gasteiger partial charge in [-0.25, -0.2) is 4.79 Å². The van der Waals surface area contributed by atoms with Crippen LogP contribution in [0.1, 0.15) is 33.2 Å². The minimum absolute atomic E-state index is 0.0915. The van der Waals surface area contributed by atoms with E-state index in [9.17, 15) is 14.4 Å². The predicted octanol–water partition coefficient (Wildman–Crippen LogP) is 4.95. The Bertz CT molecular complexity index is 1000. The third-order valence-corrected chi connectivity index (χ3v) is 4.39. The number of carbonyl (C=O) groups excluding carboxylic acids is 2. The number of carboxylic acid groups (broad SMARTS) is 1. The second kappa shape index (κ2) is 10.6. The maximum absolute atomic E-state index is 12.7. The van der Waals surface area contributed by atoms with E-state index in [2.05, 4.69) is 11.9 Å². The molecule has 2 aromatic carbocycles. The molecule has 1 aliphatic heterocycles. The molecule has 0 aliphatic carbocycles. The third-order valence-electron chi connectivity index (χ3n) is 4.03. The van der Waals surface area contributed by atoms with Gasteiger partial charge in [-0.05, 0) is 48.9 Å². The molecule has 1 heterocycles. The number of hydrogen-bond acceptors (Lipinski definition) is 3. The lowest BCUT2D eigenvalue weighted by Crippen LogP contribution is -2.34. The number of halogens is 2. The zero-order chi connectivity index (χ0) is 22.3. The lowest BCUT2D eigenvalue weighted by Gasteiger charge is -2.19. The van der Waals surface area contributed by atoms with E-state index in [-0.39, 0.29) is 30.5 Å². The highest BCUT2D eigenvalue weighted by Crippen LogP contribution is 2.25. The van der Waals surface area contributed by atoms with E-state index in [0.717, 1.165) is 11.1 Å². The smallest absolute Gasteiger partial charge is 0.335 e. The zero-order valence-electron chi connectivity index (χ0n) is 16.2.